The topological polar surface area (TPSA) is 52.6 Å². The zero-order chi connectivity index (χ0) is 20.2. The molecule has 146 valence electrons. The van der Waals surface area contributed by atoms with Gasteiger partial charge in [0.2, 0.25) is 0 Å². The summed E-state index contributed by atoms with van der Waals surface area (Å²) in [4.78, 5) is 24.4. The summed E-state index contributed by atoms with van der Waals surface area (Å²) >= 11 is 0. The first-order valence-corrected chi connectivity index (χ1v) is 9.76. The van der Waals surface area contributed by atoms with Gasteiger partial charge in [0.05, 0.1) is 0 Å². The van der Waals surface area contributed by atoms with Gasteiger partial charge in [0.15, 0.2) is 19.0 Å². The highest BCUT2D eigenvalue weighted by Crippen LogP contribution is 2.36. The number of Topliss-reactive ketones (excluding diaryl/α,β-unsaturated/α-hetero) is 1. The van der Waals surface area contributed by atoms with E-state index in [-0.39, 0.29) is 19.0 Å². The Bertz CT molecular complexity index is 1050. The summed E-state index contributed by atoms with van der Waals surface area (Å²) in [7, 11) is 0. The average molecular weight is 386 g/mol. The monoisotopic (exact) mass is 386 g/mol. The predicted octanol–water partition coefficient (Wildman–Crippen LogP) is 4.63. The standard InChI is InChI=1S/C25H22O4/c1-2-17-7-11-21(12-8-17)28-16-25(27)29-15-24(26)20-10-9-19-13-18-5-3-4-6-22(18)23(19)14-20/h3-12,14H,2,13,15-16H2,1H3. The van der Waals surface area contributed by atoms with Crippen molar-refractivity contribution in [2.75, 3.05) is 13.2 Å². The van der Waals surface area contributed by atoms with Crippen molar-refractivity contribution in [1.82, 2.24) is 0 Å². The molecule has 1 aliphatic carbocycles. The Balaban J connectivity index is 1.32. The minimum Gasteiger partial charge on any atom is -0.482 e. The Morgan fingerprint density at radius 1 is 0.862 bits per heavy atom. The lowest BCUT2D eigenvalue weighted by molar-refractivity contribution is -0.144. The highest BCUT2D eigenvalue weighted by Gasteiger charge is 2.20. The number of hydrogen-bond donors (Lipinski definition) is 0. The van der Waals surface area contributed by atoms with E-state index in [4.69, 9.17) is 9.47 Å². The molecule has 0 amide bonds. The summed E-state index contributed by atoms with van der Waals surface area (Å²) in [6.45, 7) is 1.55. The van der Waals surface area contributed by atoms with E-state index in [1.54, 1.807) is 6.07 Å². The third-order valence-electron chi connectivity index (χ3n) is 5.17. The first kappa shape index (κ1) is 18.9. The van der Waals surface area contributed by atoms with Gasteiger partial charge in [-0.25, -0.2) is 4.79 Å². The molecule has 0 radical (unpaired) electrons. The van der Waals surface area contributed by atoms with Crippen molar-refractivity contribution in [3.05, 3.63) is 89.0 Å². The van der Waals surface area contributed by atoms with Gasteiger partial charge >= 0.3 is 5.97 Å². The summed E-state index contributed by atoms with van der Waals surface area (Å²) in [6.07, 6.45) is 1.82. The molecule has 0 saturated heterocycles. The van der Waals surface area contributed by atoms with Crippen LogP contribution in [0, 0.1) is 0 Å². The van der Waals surface area contributed by atoms with Crippen LogP contribution in [0.3, 0.4) is 0 Å². The second-order valence-electron chi connectivity index (χ2n) is 7.08. The second-order valence-corrected chi connectivity index (χ2v) is 7.08. The highest BCUT2D eigenvalue weighted by molar-refractivity contribution is 5.99. The third-order valence-corrected chi connectivity index (χ3v) is 5.17. The van der Waals surface area contributed by atoms with Gasteiger partial charge in [0.1, 0.15) is 5.75 Å². The summed E-state index contributed by atoms with van der Waals surface area (Å²) in [5, 5.41) is 0. The Morgan fingerprint density at radius 3 is 2.41 bits per heavy atom. The van der Waals surface area contributed by atoms with Crippen LogP contribution in [0.4, 0.5) is 0 Å². The summed E-state index contributed by atoms with van der Waals surface area (Å²) in [5.74, 6) is -0.190. The lowest BCUT2D eigenvalue weighted by atomic mass is 10.0. The Morgan fingerprint density at radius 2 is 1.62 bits per heavy atom. The van der Waals surface area contributed by atoms with Crippen molar-refractivity contribution >= 4 is 11.8 Å². The quantitative estimate of drug-likeness (QED) is 0.343. The van der Waals surface area contributed by atoms with E-state index in [0.717, 1.165) is 24.0 Å². The molecule has 0 saturated carbocycles. The average Bonchev–Trinajstić information content (AvgIpc) is 3.14. The van der Waals surface area contributed by atoms with Crippen LogP contribution in [0.1, 0.15) is 34.0 Å². The summed E-state index contributed by atoms with van der Waals surface area (Å²) in [5.41, 5.74) is 6.46. The molecule has 0 spiro atoms. The number of carbonyl (C=O) groups excluding carboxylic acids is 2. The lowest BCUT2D eigenvalue weighted by Crippen LogP contribution is -2.19. The van der Waals surface area contributed by atoms with Crippen molar-refractivity contribution in [2.24, 2.45) is 0 Å². The predicted molar refractivity (Wildman–Crippen MR) is 111 cm³/mol. The first-order valence-electron chi connectivity index (χ1n) is 9.76. The SMILES string of the molecule is CCc1ccc(OCC(=O)OCC(=O)c2ccc3c(c2)-c2ccccc2C3)cc1. The summed E-state index contributed by atoms with van der Waals surface area (Å²) in [6, 6.07) is 21.4. The number of carbonyl (C=O) groups is 2. The zero-order valence-electron chi connectivity index (χ0n) is 16.3. The fraction of sp³-hybridized carbons (Fsp3) is 0.200. The zero-order valence-corrected chi connectivity index (χ0v) is 16.3. The van der Waals surface area contributed by atoms with Crippen LogP contribution >= 0.6 is 0 Å². The number of ether oxygens (including phenoxy) is 2. The normalized spacial score (nSPS) is 11.5. The Hall–Kier alpha value is -3.40. The smallest absolute Gasteiger partial charge is 0.344 e. The molecule has 0 unspecified atom stereocenters. The first-order chi connectivity index (χ1) is 14.1. The highest BCUT2D eigenvalue weighted by atomic mass is 16.6. The fourth-order valence-corrected chi connectivity index (χ4v) is 3.53. The van der Waals surface area contributed by atoms with E-state index < -0.39 is 5.97 Å². The molecule has 3 aromatic carbocycles. The molecule has 3 aromatic rings. The lowest BCUT2D eigenvalue weighted by Gasteiger charge is -2.08. The minimum absolute atomic E-state index is 0.224. The molecule has 0 fully saturated rings. The summed E-state index contributed by atoms with van der Waals surface area (Å²) < 4.78 is 10.5. The molecule has 0 aliphatic heterocycles. The number of fused-ring (bicyclic) bond motifs is 3. The van der Waals surface area contributed by atoms with Crippen LogP contribution in [-0.4, -0.2) is 25.0 Å². The van der Waals surface area contributed by atoms with Gasteiger partial charge in [0.25, 0.3) is 0 Å². The van der Waals surface area contributed by atoms with E-state index in [1.165, 1.54) is 16.7 Å². The molecule has 4 rings (SSSR count). The molecular weight excluding hydrogens is 364 g/mol. The van der Waals surface area contributed by atoms with Gasteiger partial charge in [-0.3, -0.25) is 4.79 Å². The van der Waals surface area contributed by atoms with Crippen LogP contribution in [0.25, 0.3) is 11.1 Å². The number of ketones is 1. The van der Waals surface area contributed by atoms with Crippen LogP contribution in [-0.2, 0) is 22.4 Å². The molecule has 29 heavy (non-hydrogen) atoms. The molecule has 0 aromatic heterocycles. The largest absolute Gasteiger partial charge is 0.482 e. The van der Waals surface area contributed by atoms with Crippen LogP contribution < -0.4 is 4.74 Å². The number of aryl methyl sites for hydroxylation is 1. The van der Waals surface area contributed by atoms with Gasteiger partial charge in [0, 0.05) is 5.56 Å². The maximum atomic E-state index is 12.5. The van der Waals surface area contributed by atoms with Crippen LogP contribution in [0.2, 0.25) is 0 Å². The number of rotatable bonds is 7. The minimum atomic E-state index is -0.565. The molecular formula is C25H22O4. The van der Waals surface area contributed by atoms with Gasteiger partial charge in [-0.2, -0.15) is 0 Å². The van der Waals surface area contributed by atoms with Crippen molar-refractivity contribution in [3.8, 4) is 16.9 Å². The molecule has 0 N–H and O–H groups in total. The second kappa shape index (κ2) is 8.31. The third kappa shape index (κ3) is 4.21. The van der Waals surface area contributed by atoms with E-state index >= 15 is 0 Å². The Labute approximate surface area is 170 Å². The van der Waals surface area contributed by atoms with Gasteiger partial charge in [-0.1, -0.05) is 55.5 Å². The van der Waals surface area contributed by atoms with E-state index in [1.807, 2.05) is 48.5 Å². The van der Waals surface area contributed by atoms with E-state index in [0.29, 0.717) is 11.3 Å². The van der Waals surface area contributed by atoms with E-state index in [9.17, 15) is 9.59 Å². The van der Waals surface area contributed by atoms with Gasteiger partial charge in [-0.05, 0) is 58.9 Å². The van der Waals surface area contributed by atoms with Gasteiger partial charge < -0.3 is 9.47 Å². The number of benzene rings is 3. The van der Waals surface area contributed by atoms with Crippen LogP contribution in [0.5, 0.6) is 5.75 Å². The Kier molecular flexibility index (Phi) is 5.43. The van der Waals surface area contributed by atoms with Crippen molar-refractivity contribution in [3.63, 3.8) is 0 Å². The van der Waals surface area contributed by atoms with E-state index in [2.05, 4.69) is 19.1 Å². The molecule has 4 nitrogen and oxygen atoms in total. The van der Waals surface area contributed by atoms with Gasteiger partial charge in [-0.15, -0.1) is 0 Å². The molecule has 1 aliphatic rings. The van der Waals surface area contributed by atoms with Crippen molar-refractivity contribution < 1.29 is 19.1 Å². The maximum absolute atomic E-state index is 12.5. The number of esters is 1. The number of hydrogen-bond acceptors (Lipinski definition) is 4. The van der Waals surface area contributed by atoms with Crippen LogP contribution in [0.15, 0.2) is 66.7 Å². The van der Waals surface area contributed by atoms with Crippen molar-refractivity contribution in [1.29, 1.82) is 0 Å². The molecule has 0 heterocycles. The van der Waals surface area contributed by atoms with Crippen molar-refractivity contribution in [2.45, 2.75) is 19.8 Å². The molecule has 0 bridgehead atoms. The maximum Gasteiger partial charge on any atom is 0.344 e. The molecule has 0 atom stereocenters. The fourth-order valence-electron chi connectivity index (χ4n) is 3.53. The molecule has 4 heteroatoms.